The van der Waals surface area contributed by atoms with Crippen LogP contribution >= 0.6 is 0 Å². The molecule has 0 aromatic carbocycles. The van der Waals surface area contributed by atoms with Crippen molar-refractivity contribution >= 4 is 5.97 Å². The van der Waals surface area contributed by atoms with Crippen LogP contribution in [0.1, 0.15) is 39.0 Å². The fraction of sp³-hybridized carbons (Fsp3) is 0.933. The third-order valence-corrected chi connectivity index (χ3v) is 5.48. The standard InChI is InChI=1S/C15H26N2O2/c1-3-19-14(18)12-11-15(6-9-16(2)10-7-15)17-8-4-5-13(12)17/h12-13H,3-11H2,1-2H3/t12-,13-/m0/s1. The van der Waals surface area contributed by atoms with Crippen LogP contribution in [-0.4, -0.2) is 60.6 Å². The Labute approximate surface area is 116 Å². The van der Waals surface area contributed by atoms with E-state index in [1.54, 1.807) is 0 Å². The summed E-state index contributed by atoms with van der Waals surface area (Å²) in [6.45, 7) is 5.93. The van der Waals surface area contributed by atoms with Crippen LogP contribution in [0, 0.1) is 5.92 Å². The lowest BCUT2D eigenvalue weighted by Crippen LogP contribution is -2.51. The Morgan fingerprint density at radius 1 is 1.32 bits per heavy atom. The van der Waals surface area contributed by atoms with Gasteiger partial charge in [0.1, 0.15) is 0 Å². The molecule has 0 N–H and O–H groups in total. The van der Waals surface area contributed by atoms with Gasteiger partial charge in [0, 0.05) is 11.6 Å². The van der Waals surface area contributed by atoms with Gasteiger partial charge in [0.25, 0.3) is 0 Å². The summed E-state index contributed by atoms with van der Waals surface area (Å²) in [6, 6.07) is 0.461. The van der Waals surface area contributed by atoms with Crippen molar-refractivity contribution in [2.45, 2.75) is 50.6 Å². The number of likely N-dealkylation sites (tertiary alicyclic amines) is 1. The maximum Gasteiger partial charge on any atom is 0.310 e. The van der Waals surface area contributed by atoms with Gasteiger partial charge >= 0.3 is 5.97 Å². The number of rotatable bonds is 2. The van der Waals surface area contributed by atoms with Crippen LogP contribution in [0.4, 0.5) is 0 Å². The minimum absolute atomic E-state index is 0.0511. The van der Waals surface area contributed by atoms with Crippen LogP contribution in [0.2, 0.25) is 0 Å². The van der Waals surface area contributed by atoms with Crippen molar-refractivity contribution < 1.29 is 9.53 Å². The molecule has 3 fully saturated rings. The Morgan fingerprint density at radius 2 is 2.05 bits per heavy atom. The number of nitrogens with zero attached hydrogens (tertiary/aromatic N) is 2. The van der Waals surface area contributed by atoms with Gasteiger partial charge in [0.15, 0.2) is 0 Å². The van der Waals surface area contributed by atoms with E-state index >= 15 is 0 Å². The largest absolute Gasteiger partial charge is 0.466 e. The first kappa shape index (κ1) is 13.4. The first-order chi connectivity index (χ1) is 9.16. The quantitative estimate of drug-likeness (QED) is 0.709. The van der Waals surface area contributed by atoms with Gasteiger partial charge in [0.2, 0.25) is 0 Å². The van der Waals surface area contributed by atoms with Crippen molar-refractivity contribution in [2.24, 2.45) is 5.92 Å². The maximum atomic E-state index is 12.2. The topological polar surface area (TPSA) is 32.8 Å². The van der Waals surface area contributed by atoms with Crippen molar-refractivity contribution in [2.75, 3.05) is 33.3 Å². The Kier molecular flexibility index (Phi) is 3.56. The van der Waals surface area contributed by atoms with Gasteiger partial charge in [-0.25, -0.2) is 0 Å². The first-order valence-corrected chi connectivity index (χ1v) is 7.78. The van der Waals surface area contributed by atoms with Gasteiger partial charge in [-0.05, 0) is 65.7 Å². The Balaban J connectivity index is 1.78. The predicted molar refractivity (Wildman–Crippen MR) is 73.9 cm³/mol. The molecule has 108 valence electrons. The second kappa shape index (κ2) is 5.06. The number of hydrogen-bond acceptors (Lipinski definition) is 4. The number of carbonyl (C=O) groups is 1. The molecule has 0 aromatic heterocycles. The highest BCUT2D eigenvalue weighted by Crippen LogP contribution is 2.48. The fourth-order valence-electron chi connectivity index (χ4n) is 4.48. The predicted octanol–water partition coefficient (Wildman–Crippen LogP) is 1.50. The molecule has 3 aliphatic rings. The van der Waals surface area contributed by atoms with E-state index in [0.717, 1.165) is 6.42 Å². The average molecular weight is 266 g/mol. The number of carbonyl (C=O) groups excluding carboxylic acids is 1. The maximum absolute atomic E-state index is 12.2. The van der Waals surface area contributed by atoms with E-state index in [2.05, 4.69) is 16.8 Å². The van der Waals surface area contributed by atoms with E-state index in [4.69, 9.17) is 4.74 Å². The fourth-order valence-corrected chi connectivity index (χ4v) is 4.48. The highest BCUT2D eigenvalue weighted by atomic mass is 16.5. The summed E-state index contributed by atoms with van der Waals surface area (Å²) in [4.78, 5) is 17.3. The van der Waals surface area contributed by atoms with Gasteiger partial charge in [-0.15, -0.1) is 0 Å². The van der Waals surface area contributed by atoms with E-state index in [1.807, 2.05) is 6.92 Å². The average Bonchev–Trinajstić information content (AvgIpc) is 2.97. The highest BCUT2D eigenvalue weighted by Gasteiger charge is 2.55. The molecular weight excluding hydrogens is 240 g/mol. The summed E-state index contributed by atoms with van der Waals surface area (Å²) in [7, 11) is 2.20. The number of hydrogen-bond donors (Lipinski definition) is 0. The molecule has 0 amide bonds. The molecule has 0 radical (unpaired) electrons. The zero-order valence-electron chi connectivity index (χ0n) is 12.2. The van der Waals surface area contributed by atoms with Crippen LogP contribution in [0.15, 0.2) is 0 Å². The van der Waals surface area contributed by atoms with Gasteiger partial charge in [-0.2, -0.15) is 0 Å². The van der Waals surface area contributed by atoms with E-state index < -0.39 is 0 Å². The smallest absolute Gasteiger partial charge is 0.310 e. The molecule has 3 rings (SSSR count). The van der Waals surface area contributed by atoms with Gasteiger partial charge in [-0.3, -0.25) is 9.69 Å². The Morgan fingerprint density at radius 3 is 2.74 bits per heavy atom. The van der Waals surface area contributed by atoms with Crippen molar-refractivity contribution in [3.63, 3.8) is 0 Å². The summed E-state index contributed by atoms with van der Waals surface area (Å²) >= 11 is 0. The molecule has 3 heterocycles. The molecule has 4 heteroatoms. The number of esters is 1. The lowest BCUT2D eigenvalue weighted by Gasteiger charge is -2.44. The number of piperidine rings is 1. The van der Waals surface area contributed by atoms with E-state index in [0.29, 0.717) is 18.2 Å². The molecule has 2 atom stereocenters. The lowest BCUT2D eigenvalue weighted by molar-refractivity contribution is -0.148. The molecule has 0 saturated carbocycles. The SMILES string of the molecule is CCOC(=O)[C@H]1CC2(CCN(C)CC2)N2CCC[C@@H]12. The molecule has 0 unspecified atom stereocenters. The minimum Gasteiger partial charge on any atom is -0.466 e. The lowest BCUT2D eigenvalue weighted by atomic mass is 9.82. The molecule has 3 saturated heterocycles. The second-order valence-corrected chi connectivity index (χ2v) is 6.49. The monoisotopic (exact) mass is 266 g/mol. The van der Waals surface area contributed by atoms with Gasteiger partial charge in [-0.1, -0.05) is 0 Å². The van der Waals surface area contributed by atoms with Crippen LogP contribution < -0.4 is 0 Å². The summed E-state index contributed by atoms with van der Waals surface area (Å²) in [5, 5.41) is 0. The minimum atomic E-state index is 0.0511. The molecule has 19 heavy (non-hydrogen) atoms. The second-order valence-electron chi connectivity index (χ2n) is 6.49. The van der Waals surface area contributed by atoms with Gasteiger partial charge in [0.05, 0.1) is 12.5 Å². The van der Waals surface area contributed by atoms with Crippen molar-refractivity contribution in [3.05, 3.63) is 0 Å². The molecule has 1 spiro atoms. The summed E-state index contributed by atoms with van der Waals surface area (Å²) in [6.07, 6.45) is 5.90. The van der Waals surface area contributed by atoms with Crippen LogP contribution in [0.25, 0.3) is 0 Å². The Bertz CT molecular complexity index is 350. The van der Waals surface area contributed by atoms with Crippen LogP contribution in [-0.2, 0) is 9.53 Å². The van der Waals surface area contributed by atoms with Crippen LogP contribution in [0.5, 0.6) is 0 Å². The van der Waals surface area contributed by atoms with Crippen molar-refractivity contribution in [3.8, 4) is 0 Å². The molecule has 4 nitrogen and oxygen atoms in total. The zero-order valence-corrected chi connectivity index (χ0v) is 12.2. The Hall–Kier alpha value is -0.610. The molecule has 0 aliphatic carbocycles. The van der Waals surface area contributed by atoms with Crippen molar-refractivity contribution in [1.82, 2.24) is 9.80 Å². The van der Waals surface area contributed by atoms with Crippen LogP contribution in [0.3, 0.4) is 0 Å². The summed E-state index contributed by atoms with van der Waals surface area (Å²) in [5.74, 6) is 0.182. The molecule has 0 aromatic rings. The third-order valence-electron chi connectivity index (χ3n) is 5.48. The highest BCUT2D eigenvalue weighted by molar-refractivity contribution is 5.74. The molecular formula is C15H26N2O2. The van der Waals surface area contributed by atoms with Crippen molar-refractivity contribution in [1.29, 1.82) is 0 Å². The van der Waals surface area contributed by atoms with E-state index in [9.17, 15) is 4.79 Å². The normalized spacial score (nSPS) is 34.6. The summed E-state index contributed by atoms with van der Waals surface area (Å²) < 4.78 is 5.31. The molecule has 3 aliphatic heterocycles. The number of fused-ring (bicyclic) bond motifs is 2. The number of ether oxygens (including phenoxy) is 1. The van der Waals surface area contributed by atoms with E-state index in [-0.39, 0.29) is 11.9 Å². The zero-order chi connectivity index (χ0) is 13.5. The van der Waals surface area contributed by atoms with E-state index in [1.165, 1.54) is 45.3 Å². The third kappa shape index (κ3) is 2.19. The summed E-state index contributed by atoms with van der Waals surface area (Å²) in [5.41, 5.74) is 0.297. The molecule has 0 bridgehead atoms. The first-order valence-electron chi connectivity index (χ1n) is 7.78. The van der Waals surface area contributed by atoms with Gasteiger partial charge < -0.3 is 9.64 Å².